The zero-order chi connectivity index (χ0) is 47.9. The maximum Gasteiger partial charge on any atom is 0.225 e. The molecule has 6 aliphatic heterocycles. The van der Waals surface area contributed by atoms with Gasteiger partial charge in [-0.1, -0.05) is 24.3 Å². The number of rotatable bonds is 10. The summed E-state index contributed by atoms with van der Waals surface area (Å²) in [6, 6.07) is 28.6. The Balaban J connectivity index is 0.701. The fraction of sp³-hybridized carbons (Fsp3) is 0.500. The van der Waals surface area contributed by atoms with Crippen molar-refractivity contribution in [1.82, 2.24) is 38.8 Å². The first kappa shape index (κ1) is 44.5. The van der Waals surface area contributed by atoms with Gasteiger partial charge in [-0.3, -0.25) is 19.4 Å². The molecule has 3 unspecified atom stereocenters. The number of fused-ring (bicyclic) bond motifs is 3. The number of morpholine rings is 1. The van der Waals surface area contributed by atoms with Crippen LogP contribution in [0.2, 0.25) is 0 Å². The van der Waals surface area contributed by atoms with Crippen LogP contribution in [0.25, 0.3) is 33.3 Å². The third kappa shape index (κ3) is 8.33. The number of ether oxygens (including phenoxy) is 2. The molecular weight excluding hydrogens is 905 g/mol. The number of amides is 2. The van der Waals surface area contributed by atoms with Crippen LogP contribution in [0, 0.1) is 11.8 Å². The molecule has 2 saturated carbocycles. The molecule has 2 amide bonds. The summed E-state index contributed by atoms with van der Waals surface area (Å²) < 4.78 is 16.0. The first-order valence-corrected chi connectivity index (χ1v) is 26.9. The van der Waals surface area contributed by atoms with E-state index in [0.29, 0.717) is 29.9 Å². The predicted octanol–water partition coefficient (Wildman–Crippen LogP) is 4.91. The zero-order valence-electron chi connectivity index (χ0n) is 41.3. The van der Waals surface area contributed by atoms with Crippen LogP contribution in [0.3, 0.4) is 0 Å². The van der Waals surface area contributed by atoms with Gasteiger partial charge in [0.15, 0.2) is 0 Å². The number of nitrogens with zero attached hydrogens (tertiary/aromatic N) is 12. The summed E-state index contributed by atoms with van der Waals surface area (Å²) >= 11 is 0. The van der Waals surface area contributed by atoms with Gasteiger partial charge in [-0.15, -0.1) is 0 Å². The molecule has 0 bridgehead atoms. The van der Waals surface area contributed by atoms with E-state index in [1.807, 2.05) is 21.4 Å². The van der Waals surface area contributed by atoms with Crippen LogP contribution in [0.4, 0.5) is 22.7 Å². The molecule has 2 aliphatic carbocycles. The minimum absolute atomic E-state index is 0.267. The zero-order valence-corrected chi connectivity index (χ0v) is 41.3. The Labute approximate surface area is 421 Å². The van der Waals surface area contributed by atoms with E-state index in [9.17, 15) is 9.59 Å². The van der Waals surface area contributed by atoms with Gasteiger partial charge in [0.25, 0.3) is 0 Å². The Morgan fingerprint density at radius 2 is 1.03 bits per heavy atom. The minimum Gasteiger partial charge on any atom is -0.378 e. The van der Waals surface area contributed by atoms with Crippen LogP contribution in [-0.4, -0.2) is 193 Å². The molecule has 10 heterocycles. The highest BCUT2D eigenvalue weighted by Crippen LogP contribution is 2.38. The van der Waals surface area contributed by atoms with Crippen molar-refractivity contribution >= 4 is 45.6 Å². The third-order valence-electron chi connectivity index (χ3n) is 17.4. The lowest BCUT2D eigenvalue weighted by atomic mass is 9.93. The van der Waals surface area contributed by atoms with Crippen LogP contribution in [-0.2, 0) is 19.1 Å². The van der Waals surface area contributed by atoms with E-state index in [1.165, 1.54) is 33.9 Å². The van der Waals surface area contributed by atoms with Crippen LogP contribution in [0.15, 0.2) is 97.6 Å². The van der Waals surface area contributed by atoms with E-state index < -0.39 is 0 Å². The predicted molar refractivity (Wildman–Crippen MR) is 279 cm³/mol. The van der Waals surface area contributed by atoms with E-state index in [2.05, 4.69) is 124 Å². The lowest BCUT2D eigenvalue weighted by Crippen LogP contribution is -2.72. The first-order chi connectivity index (χ1) is 35.5. The number of anilines is 4. The molecule has 14 rings (SSSR count). The van der Waals surface area contributed by atoms with Crippen molar-refractivity contribution in [1.29, 1.82) is 0 Å². The van der Waals surface area contributed by atoms with E-state index >= 15 is 0 Å². The highest BCUT2D eigenvalue weighted by Gasteiger charge is 2.46. The number of hydrogen-bond acceptors (Lipinski definition) is 12. The van der Waals surface area contributed by atoms with Crippen molar-refractivity contribution in [3.63, 3.8) is 0 Å². The van der Waals surface area contributed by atoms with Crippen LogP contribution < -0.4 is 19.6 Å². The lowest BCUT2D eigenvalue weighted by Gasteiger charge is -2.56. The third-order valence-corrected chi connectivity index (χ3v) is 17.4. The van der Waals surface area contributed by atoms with Crippen molar-refractivity contribution < 1.29 is 19.1 Å². The van der Waals surface area contributed by atoms with Gasteiger partial charge < -0.3 is 38.9 Å². The molecule has 8 aliphatic rings. The summed E-state index contributed by atoms with van der Waals surface area (Å²) in [5.41, 5.74) is 11.7. The largest absolute Gasteiger partial charge is 0.378 e. The molecule has 6 aromatic rings. The molecule has 0 radical (unpaired) electrons. The Bertz CT molecular complexity index is 2950. The number of carbonyl (C=O) groups is 2. The summed E-state index contributed by atoms with van der Waals surface area (Å²) in [7, 11) is 0. The van der Waals surface area contributed by atoms with E-state index in [0.717, 1.165) is 166 Å². The lowest BCUT2D eigenvalue weighted by molar-refractivity contribution is -0.133. The Morgan fingerprint density at radius 3 is 1.56 bits per heavy atom. The summed E-state index contributed by atoms with van der Waals surface area (Å²) in [5.74, 6) is 1.23. The van der Waals surface area contributed by atoms with Gasteiger partial charge in [0.05, 0.1) is 67.0 Å². The van der Waals surface area contributed by atoms with E-state index in [4.69, 9.17) is 19.7 Å². The molecule has 6 saturated heterocycles. The van der Waals surface area contributed by atoms with Gasteiger partial charge in [-0.25, -0.2) is 9.03 Å². The van der Waals surface area contributed by atoms with E-state index in [-0.39, 0.29) is 17.9 Å². The molecule has 8 fully saturated rings. The van der Waals surface area contributed by atoms with Crippen molar-refractivity contribution in [2.75, 3.05) is 138 Å². The van der Waals surface area contributed by atoms with Crippen molar-refractivity contribution in [3.05, 3.63) is 97.6 Å². The fourth-order valence-electron chi connectivity index (χ4n) is 12.8. The molecule has 16 nitrogen and oxygen atoms in total. The van der Waals surface area contributed by atoms with Gasteiger partial charge in [0.2, 0.25) is 11.8 Å². The number of benzene rings is 2. The van der Waals surface area contributed by atoms with Gasteiger partial charge in [0, 0.05) is 157 Å². The standard InChI is InChI=1S/C56H66N12O4/c69-55(41-1-2-41)61-21-17-59(18-22-61)49-13-15-57-67-31-43(29-51(49)67)39-5-9-45(10-6-39)64-33-47-36-71-28-27-66(47)54(35-64)53-34-63(48-37-72-38-48)25-26-65(53)46-11-7-40(8-12-46)44-30-52-50(14-16-58-68(52)32-44)60-19-23-62(24-20-60)56(70)42-3-4-42/h5-16,29-32,41-42,47-48,53-54H,1-4,17-28,33-38H2. The minimum atomic E-state index is 0.267. The van der Waals surface area contributed by atoms with Gasteiger partial charge in [-0.2, -0.15) is 10.2 Å². The number of piperazine rings is 4. The summed E-state index contributed by atoms with van der Waals surface area (Å²) in [6.07, 6.45) is 12.3. The van der Waals surface area contributed by atoms with Gasteiger partial charge in [0.1, 0.15) is 0 Å². The van der Waals surface area contributed by atoms with Crippen molar-refractivity contribution in [2.45, 2.75) is 49.9 Å². The van der Waals surface area contributed by atoms with Gasteiger partial charge in [-0.05, 0) is 85.3 Å². The molecule has 4 aromatic heterocycles. The molecule has 3 atom stereocenters. The highest BCUT2D eigenvalue weighted by atomic mass is 16.5. The molecule has 0 spiro atoms. The van der Waals surface area contributed by atoms with Crippen molar-refractivity contribution in [3.8, 4) is 22.3 Å². The second kappa shape index (κ2) is 18.4. The highest BCUT2D eigenvalue weighted by molar-refractivity contribution is 5.84. The molecule has 0 N–H and O–H groups in total. The molecule has 2 aromatic carbocycles. The summed E-state index contributed by atoms with van der Waals surface area (Å²) in [5, 5.41) is 9.45. The molecule has 374 valence electrons. The maximum atomic E-state index is 12.8. The molecular formula is C56H66N12O4. The second-order valence-corrected chi connectivity index (χ2v) is 21.7. The number of aromatic nitrogens is 4. The normalized spacial score (nSPS) is 24.8. The molecule has 16 heteroatoms. The van der Waals surface area contributed by atoms with Crippen molar-refractivity contribution in [2.24, 2.45) is 11.8 Å². The van der Waals surface area contributed by atoms with Gasteiger partial charge >= 0.3 is 0 Å². The molecule has 72 heavy (non-hydrogen) atoms. The van der Waals surface area contributed by atoms with Crippen LogP contribution >= 0.6 is 0 Å². The first-order valence-electron chi connectivity index (χ1n) is 26.9. The monoisotopic (exact) mass is 971 g/mol. The number of carbonyl (C=O) groups excluding carboxylic acids is 2. The topological polar surface area (TPSA) is 113 Å². The average Bonchev–Trinajstić information content (AvgIpc) is 4.36. The Morgan fingerprint density at radius 1 is 0.486 bits per heavy atom. The fourth-order valence-corrected chi connectivity index (χ4v) is 12.8. The van der Waals surface area contributed by atoms with Crippen LogP contribution in [0.1, 0.15) is 25.7 Å². The average molecular weight is 971 g/mol. The smallest absolute Gasteiger partial charge is 0.225 e. The summed E-state index contributed by atoms with van der Waals surface area (Å²) in [4.78, 5) is 45.3. The van der Waals surface area contributed by atoms with Crippen LogP contribution in [0.5, 0.6) is 0 Å². The second-order valence-electron chi connectivity index (χ2n) is 21.7. The SMILES string of the molecule is O=C(C1CC1)N1CCN(c2ccnn3cc(-c4ccc(N5CC6COCCN6C(C6CN(C7COC7)CCN6c6ccc(-c7cc8c(N9CCN(C(=O)C%10CC%10)CC9)ccnn8c7)cc6)C5)cc4)cc23)CC1. The Hall–Kier alpha value is -6.20. The maximum absolute atomic E-state index is 12.8. The summed E-state index contributed by atoms with van der Waals surface area (Å²) in [6.45, 7) is 15.4. The van der Waals surface area contributed by atoms with E-state index in [1.54, 1.807) is 0 Å². The quantitative estimate of drug-likeness (QED) is 0.186. The Kier molecular flexibility index (Phi) is 11.4. The number of hydrogen-bond donors (Lipinski definition) is 0.